The Labute approximate surface area is 394 Å². The Morgan fingerprint density at radius 2 is 0.723 bits per heavy atom. The molecular weight excluding hydrogens is 777 g/mol. The first kappa shape index (κ1) is 43.0. The number of hydrogen-bond donors (Lipinski definition) is 0. The van der Waals surface area contributed by atoms with Gasteiger partial charge in [0.25, 0.3) is 0 Å². The second-order valence-corrected chi connectivity index (χ2v) is 18.7. The van der Waals surface area contributed by atoms with Crippen molar-refractivity contribution < 1.29 is 8.83 Å². The van der Waals surface area contributed by atoms with Crippen molar-refractivity contribution in [1.29, 1.82) is 0 Å². The Morgan fingerprint density at radius 1 is 0.292 bits per heavy atom. The van der Waals surface area contributed by atoms with Gasteiger partial charge in [0.05, 0.1) is 0 Å². The lowest BCUT2D eigenvalue weighted by molar-refractivity contribution is 0.669. The second kappa shape index (κ2) is 15.6. The zero-order valence-corrected chi connectivity index (χ0v) is 40.6. The van der Waals surface area contributed by atoms with Gasteiger partial charge >= 0.3 is 0 Å². The maximum atomic E-state index is 7.12. The van der Waals surface area contributed by atoms with Crippen LogP contribution in [0.25, 0.3) is 100 Å². The molecule has 20 heteroatoms. The smallest absolute Gasteiger partial charge is 0.164 e. The molecule has 0 amide bonds. The SMILES string of the molecule is Bc1c(B)c(-c2c(B)c(B)c(-c3c(B)c(B)c(B)c4c3oc3c(B)c(B)c(B)c(B)c34)c(B)c2B)c(B)c(B)c1-c1nc(-c2ccccc2)nc(-c2ccc3c(c2)oc2ccccc23)n1. The van der Waals surface area contributed by atoms with Crippen LogP contribution in [0.4, 0.5) is 0 Å². The van der Waals surface area contributed by atoms with E-state index in [1.807, 2.05) is 36.4 Å². The van der Waals surface area contributed by atoms with Crippen molar-refractivity contribution in [3.63, 3.8) is 0 Å². The van der Waals surface area contributed by atoms with E-state index < -0.39 is 0 Å². The molecule has 0 spiro atoms. The summed E-state index contributed by atoms with van der Waals surface area (Å²) >= 11 is 0. The molecule has 0 unspecified atom stereocenters. The van der Waals surface area contributed by atoms with Crippen molar-refractivity contribution in [1.82, 2.24) is 15.0 Å². The van der Waals surface area contributed by atoms with E-state index in [1.54, 1.807) is 0 Å². The van der Waals surface area contributed by atoms with Crippen LogP contribution in [0.5, 0.6) is 0 Å². The van der Waals surface area contributed by atoms with Gasteiger partial charge in [-0.25, -0.2) is 15.0 Å². The summed E-state index contributed by atoms with van der Waals surface area (Å²) in [5, 5.41) is 4.67. The van der Waals surface area contributed by atoms with Crippen LogP contribution in [0.2, 0.25) is 0 Å². The van der Waals surface area contributed by atoms with Crippen molar-refractivity contribution in [2.45, 2.75) is 0 Å². The molecule has 0 fully saturated rings. The summed E-state index contributed by atoms with van der Waals surface area (Å²) in [6.07, 6.45) is 0. The normalized spacial score (nSPS) is 11.7. The summed E-state index contributed by atoms with van der Waals surface area (Å²) < 4.78 is 13.4. The fourth-order valence-corrected chi connectivity index (χ4v) is 10.9. The Balaban J connectivity index is 1.17. The highest BCUT2D eigenvalue weighted by Crippen LogP contribution is 2.33. The van der Waals surface area contributed by atoms with Crippen LogP contribution in [0.1, 0.15) is 0 Å². The quantitative estimate of drug-likeness (QED) is 0.162. The molecule has 0 aliphatic carbocycles. The number of benzene rings is 7. The Bertz CT molecular complexity index is 3680. The second-order valence-electron chi connectivity index (χ2n) is 18.7. The largest absolute Gasteiger partial charge is 0.456 e. The van der Waals surface area contributed by atoms with Crippen LogP contribution in [-0.4, -0.2) is 133 Å². The van der Waals surface area contributed by atoms with E-state index in [9.17, 15) is 0 Å². The molecule has 0 aliphatic rings. The molecule has 3 aromatic heterocycles. The summed E-state index contributed by atoms with van der Waals surface area (Å²) in [6.45, 7) is 0. The van der Waals surface area contributed by atoms with E-state index >= 15 is 0 Å². The fraction of sp³-hybridized carbons (Fsp3) is 0. The van der Waals surface area contributed by atoms with Crippen LogP contribution in [0.15, 0.2) is 81.6 Å². The van der Waals surface area contributed by atoms with Crippen molar-refractivity contribution in [3.05, 3.63) is 72.8 Å². The van der Waals surface area contributed by atoms with Crippen LogP contribution in [0, 0.1) is 0 Å². The molecule has 0 atom stereocenters. The molecular formula is C45H42B15N3O2. The standard InChI is InChI=1S/C45H42B15N3O2/c46-26-19(27(47)31(51)21(30(26)50)22-32(52)37(57)33(53)23-24-34(54)38(58)39(59)40(60)42(24)65-41(22)23)20-28(48)35(55)25(36(56)29(20)49)45-62-43(13-6-2-1-3-7-13)61-44(63-45)14-10-11-16-15-8-4-5-9-17(15)64-18(16)12-14/h1-12H,46-60H2. The van der Waals surface area contributed by atoms with Gasteiger partial charge in [0, 0.05) is 43.8 Å². The Kier molecular flexibility index (Phi) is 10.4. The fourth-order valence-electron chi connectivity index (χ4n) is 10.9. The maximum absolute atomic E-state index is 7.12. The van der Waals surface area contributed by atoms with Crippen LogP contribution >= 0.6 is 0 Å². The van der Waals surface area contributed by atoms with Gasteiger partial charge in [0.15, 0.2) is 17.5 Å². The third kappa shape index (κ3) is 6.33. The van der Waals surface area contributed by atoms with Crippen molar-refractivity contribution >= 4 is 244 Å². The predicted molar refractivity (Wildman–Crippen MR) is 324 cm³/mol. The molecule has 65 heavy (non-hydrogen) atoms. The lowest BCUT2D eigenvalue weighted by atomic mass is 9.56. The molecule has 10 rings (SSSR count). The number of rotatable bonds is 5. The maximum Gasteiger partial charge on any atom is 0.164 e. The summed E-state index contributed by atoms with van der Waals surface area (Å²) in [5.74, 6) is 1.91. The number of aromatic nitrogens is 3. The molecule has 5 nitrogen and oxygen atoms in total. The van der Waals surface area contributed by atoms with Gasteiger partial charge in [-0.1, -0.05) is 131 Å². The first-order valence-corrected chi connectivity index (χ1v) is 22.9. The topological polar surface area (TPSA) is 65.0 Å². The van der Waals surface area contributed by atoms with Crippen molar-refractivity contribution in [3.8, 4) is 56.4 Å². The van der Waals surface area contributed by atoms with E-state index in [4.69, 9.17) is 23.8 Å². The van der Waals surface area contributed by atoms with E-state index in [0.717, 1.165) is 60.7 Å². The lowest BCUT2D eigenvalue weighted by Gasteiger charge is -2.28. The highest BCUT2D eigenvalue weighted by molar-refractivity contribution is 6.71. The molecule has 0 saturated carbocycles. The van der Waals surface area contributed by atoms with E-state index in [2.05, 4.69) is 154 Å². The summed E-state index contributed by atoms with van der Waals surface area (Å²) in [7, 11) is 34.0. The Morgan fingerprint density at radius 3 is 1.32 bits per heavy atom. The van der Waals surface area contributed by atoms with Gasteiger partial charge in [-0.3, -0.25) is 0 Å². The van der Waals surface area contributed by atoms with Gasteiger partial charge < -0.3 is 8.83 Å². The van der Waals surface area contributed by atoms with Crippen molar-refractivity contribution in [2.75, 3.05) is 0 Å². The molecule has 0 N–H and O–H groups in total. The van der Waals surface area contributed by atoms with Crippen LogP contribution in [0.3, 0.4) is 0 Å². The summed E-state index contributed by atoms with van der Waals surface area (Å²) in [6, 6.07) is 24.6. The number of nitrogens with zero attached hydrogens (tertiary/aromatic N) is 3. The predicted octanol–water partition coefficient (Wildman–Crippen LogP) is -14.1. The number of hydrogen-bond acceptors (Lipinski definition) is 5. The molecule has 0 radical (unpaired) electrons. The zero-order chi connectivity index (χ0) is 46.1. The highest BCUT2D eigenvalue weighted by atomic mass is 16.3. The number of fused-ring (bicyclic) bond motifs is 6. The van der Waals surface area contributed by atoms with Gasteiger partial charge in [0.2, 0.25) is 0 Å². The van der Waals surface area contributed by atoms with Gasteiger partial charge in [-0.15, -0.1) is 5.46 Å². The lowest BCUT2D eigenvalue weighted by Crippen LogP contribution is -2.51. The Hall–Kier alpha value is -5.88. The van der Waals surface area contributed by atoms with Gasteiger partial charge in [-0.05, 0) is 34.9 Å². The molecule has 7 aromatic carbocycles. The monoisotopic (exact) mass is 821 g/mol. The first-order chi connectivity index (χ1) is 31.0. The van der Waals surface area contributed by atoms with E-state index in [-0.39, 0.29) is 0 Å². The summed E-state index contributed by atoms with van der Waals surface area (Å²) in [5.41, 5.74) is 30.7. The highest BCUT2D eigenvalue weighted by Gasteiger charge is 2.28. The minimum atomic E-state index is 0.610. The number of furan rings is 2. The first-order valence-electron chi connectivity index (χ1n) is 22.9. The molecule has 0 saturated heterocycles. The molecule has 10 aromatic rings. The average molecular weight is 819 g/mol. The van der Waals surface area contributed by atoms with E-state index in [0.29, 0.717) is 17.5 Å². The van der Waals surface area contributed by atoms with Crippen molar-refractivity contribution in [2.24, 2.45) is 0 Å². The molecule has 0 bridgehead atoms. The summed E-state index contributed by atoms with van der Waals surface area (Å²) in [4.78, 5) is 15.6. The minimum absolute atomic E-state index is 0.610. The third-order valence-corrected chi connectivity index (χ3v) is 15.7. The molecule has 0 aliphatic heterocycles. The molecule has 3 heterocycles. The number of para-hydroxylation sites is 1. The average Bonchev–Trinajstić information content (AvgIpc) is 3.90. The van der Waals surface area contributed by atoms with Gasteiger partial charge in [0.1, 0.15) is 140 Å². The molecule has 294 valence electrons. The minimum Gasteiger partial charge on any atom is -0.456 e. The van der Waals surface area contributed by atoms with Gasteiger partial charge in [-0.2, -0.15) is 0 Å². The van der Waals surface area contributed by atoms with Crippen LogP contribution < -0.4 is 81.9 Å². The van der Waals surface area contributed by atoms with E-state index in [1.165, 1.54) is 104 Å². The third-order valence-electron chi connectivity index (χ3n) is 15.7. The van der Waals surface area contributed by atoms with Crippen LogP contribution in [-0.2, 0) is 0 Å². The zero-order valence-electron chi connectivity index (χ0n) is 40.6.